The molecule has 0 aliphatic heterocycles. The van der Waals surface area contributed by atoms with E-state index in [0.29, 0.717) is 0 Å². The summed E-state index contributed by atoms with van der Waals surface area (Å²) >= 11 is 3.53. The van der Waals surface area contributed by atoms with E-state index in [1.165, 1.54) is 0 Å². The highest BCUT2D eigenvalue weighted by molar-refractivity contribution is 7.96. The number of thiol groups is 1. The number of carbonyl (C=O) groups is 2. The molecule has 0 aromatic rings. The van der Waals surface area contributed by atoms with Gasteiger partial charge in [0.1, 0.15) is 5.78 Å². The van der Waals surface area contributed by atoms with Gasteiger partial charge in [-0.15, -0.1) is 21.9 Å². The minimum atomic E-state index is -0.358. The molecule has 0 N–H and O–H groups in total. The van der Waals surface area contributed by atoms with E-state index in [0.717, 1.165) is 0 Å². The quantitative estimate of drug-likeness (QED) is 0.414. The largest absolute Gasteiger partial charge is 0.298 e. The summed E-state index contributed by atoms with van der Waals surface area (Å²) in [7, 11) is 2.44. The summed E-state index contributed by atoms with van der Waals surface area (Å²) in [5.74, 6) is 0.213. The van der Waals surface area contributed by atoms with E-state index in [1.54, 1.807) is 0 Å². The third-order valence-electron chi connectivity index (χ3n) is 1.42. The van der Waals surface area contributed by atoms with Gasteiger partial charge in [0.05, 0.1) is 6.42 Å². The van der Waals surface area contributed by atoms with Gasteiger partial charge in [0.15, 0.2) is 5.12 Å². The second kappa shape index (κ2) is 4.89. The maximum Gasteiger partial charge on any atom is 0.193 e. The molecule has 2 atom stereocenters. The van der Waals surface area contributed by atoms with Crippen LogP contribution in [0, 0.1) is 5.92 Å². The van der Waals surface area contributed by atoms with Crippen LogP contribution in [0.25, 0.3) is 0 Å². The van der Waals surface area contributed by atoms with Crippen LogP contribution in [-0.2, 0) is 9.59 Å². The van der Waals surface area contributed by atoms with Gasteiger partial charge in [-0.3, -0.25) is 9.59 Å². The lowest BCUT2D eigenvalue weighted by molar-refractivity contribution is -0.123. The van der Waals surface area contributed by atoms with Gasteiger partial charge in [-0.2, -0.15) is 0 Å². The Kier molecular flexibility index (Phi) is 4.94. The fourth-order valence-corrected chi connectivity index (χ4v) is 0.912. The zero-order valence-corrected chi connectivity index (χ0v) is 8.75. The Labute approximate surface area is 74.7 Å². The number of hydrogen-bond donors (Lipinski definition) is 1. The second-order valence-corrected chi connectivity index (χ2v) is 4.02. The summed E-state index contributed by atoms with van der Waals surface area (Å²) in [6, 6.07) is 0. The third-order valence-corrected chi connectivity index (χ3v) is 2.72. The lowest BCUT2D eigenvalue weighted by atomic mass is 10.1. The summed E-state index contributed by atoms with van der Waals surface area (Å²) in [4.78, 5) is 21.5. The van der Waals surface area contributed by atoms with Crippen molar-refractivity contribution in [3.05, 3.63) is 0 Å². The summed E-state index contributed by atoms with van der Waals surface area (Å²) in [5, 5.41) is -0.358. The molecule has 0 heterocycles. The number of Topliss-reactive ketones (excluding diaryl/α,β-unsaturated/α-hetero) is 1. The van der Waals surface area contributed by atoms with Crippen molar-refractivity contribution in [3.63, 3.8) is 0 Å². The summed E-state index contributed by atoms with van der Waals surface area (Å²) in [5.41, 5.74) is -0.119. The van der Waals surface area contributed by atoms with Gasteiger partial charge in [-0.1, -0.05) is 13.8 Å². The van der Waals surface area contributed by atoms with Crippen LogP contribution < -0.4 is 0 Å². The molecular formula is C7H13O2PS. The minimum absolute atomic E-state index is 0.0509. The fourth-order valence-electron chi connectivity index (χ4n) is 0.639. The number of ketones is 1. The van der Waals surface area contributed by atoms with Crippen LogP contribution in [0.3, 0.4) is 0 Å². The van der Waals surface area contributed by atoms with Crippen LogP contribution in [0.2, 0.25) is 0 Å². The van der Waals surface area contributed by atoms with Gasteiger partial charge in [0, 0.05) is 5.66 Å². The lowest BCUT2D eigenvalue weighted by Crippen LogP contribution is -2.21. The van der Waals surface area contributed by atoms with Crippen molar-refractivity contribution in [1.29, 1.82) is 0 Å². The van der Waals surface area contributed by atoms with E-state index in [9.17, 15) is 9.59 Å². The fraction of sp³-hybridized carbons (Fsp3) is 0.714. The molecule has 0 aliphatic carbocycles. The van der Waals surface area contributed by atoms with Gasteiger partial charge < -0.3 is 0 Å². The highest BCUT2D eigenvalue weighted by atomic mass is 32.1. The molecule has 0 aromatic carbocycles. The number of rotatable bonds is 4. The number of hydrogen-bond acceptors (Lipinski definition) is 2. The zero-order chi connectivity index (χ0) is 9.02. The first-order valence-corrected chi connectivity index (χ1v) is 4.56. The van der Waals surface area contributed by atoms with Crippen LogP contribution in [0.15, 0.2) is 0 Å². The molecule has 0 saturated carbocycles. The van der Waals surface area contributed by atoms with Crippen molar-refractivity contribution < 1.29 is 9.59 Å². The van der Waals surface area contributed by atoms with Gasteiger partial charge in [-0.25, -0.2) is 0 Å². The molecule has 0 aromatic heterocycles. The Bertz CT molecular complexity index is 168. The van der Waals surface area contributed by atoms with Crippen LogP contribution in [-0.4, -0.2) is 16.6 Å². The third kappa shape index (κ3) is 4.54. The molecule has 64 valence electrons. The second-order valence-electron chi connectivity index (χ2n) is 2.81. The van der Waals surface area contributed by atoms with E-state index < -0.39 is 0 Å². The average Bonchev–Trinajstić information content (AvgIpc) is 1.84. The minimum Gasteiger partial charge on any atom is -0.298 e. The Morgan fingerprint density at radius 1 is 1.45 bits per heavy atom. The van der Waals surface area contributed by atoms with Crippen LogP contribution in [0.1, 0.15) is 20.3 Å². The van der Waals surface area contributed by atoms with Gasteiger partial charge in [-0.05, 0) is 5.92 Å². The highest BCUT2D eigenvalue weighted by Gasteiger charge is 2.17. The van der Waals surface area contributed by atoms with Crippen LogP contribution in [0.4, 0.5) is 0 Å². The van der Waals surface area contributed by atoms with E-state index in [4.69, 9.17) is 0 Å². The standard InChI is InChI=1S/C7H13O2PS/c1-4(2)7(10)5(8)3-6(9)11/h4,7H,3,10H2,1-2H3,(H,9,11)/t7-/m0/s1. The van der Waals surface area contributed by atoms with E-state index >= 15 is 0 Å². The van der Waals surface area contributed by atoms with Crippen molar-refractivity contribution in [3.8, 4) is 0 Å². The average molecular weight is 192 g/mol. The predicted octanol–water partition coefficient (Wildman–Crippen LogP) is 1.30. The molecule has 0 aliphatic rings. The molecule has 4 heteroatoms. The molecule has 11 heavy (non-hydrogen) atoms. The van der Waals surface area contributed by atoms with Crippen molar-refractivity contribution in [1.82, 2.24) is 0 Å². The Morgan fingerprint density at radius 3 is 2.18 bits per heavy atom. The maximum absolute atomic E-state index is 11.1. The van der Waals surface area contributed by atoms with E-state index in [2.05, 4.69) is 21.9 Å². The molecule has 0 bridgehead atoms. The van der Waals surface area contributed by atoms with E-state index in [1.807, 2.05) is 13.8 Å². The Morgan fingerprint density at radius 2 is 1.91 bits per heavy atom. The predicted molar refractivity (Wildman–Crippen MR) is 52.0 cm³/mol. The summed E-state index contributed by atoms with van der Waals surface area (Å²) in [6.07, 6.45) is -0.0601. The lowest BCUT2D eigenvalue weighted by Gasteiger charge is -2.11. The first-order chi connectivity index (χ1) is 4.95. The monoisotopic (exact) mass is 192 g/mol. The SMILES string of the molecule is CC(C)[C@H](P)C(=O)CC(=O)S. The molecule has 0 radical (unpaired) electrons. The van der Waals surface area contributed by atoms with Crippen molar-refractivity contribution in [2.24, 2.45) is 5.92 Å². The maximum atomic E-state index is 11.1. The molecule has 1 unspecified atom stereocenters. The van der Waals surface area contributed by atoms with Gasteiger partial charge in [0.25, 0.3) is 0 Å². The Hall–Kier alpha value is 0.120. The van der Waals surface area contributed by atoms with Gasteiger partial charge >= 0.3 is 0 Å². The van der Waals surface area contributed by atoms with Crippen LogP contribution in [0.5, 0.6) is 0 Å². The van der Waals surface area contributed by atoms with Gasteiger partial charge in [0.2, 0.25) is 0 Å². The van der Waals surface area contributed by atoms with Crippen LogP contribution >= 0.6 is 21.9 Å². The first kappa shape index (κ1) is 11.1. The van der Waals surface area contributed by atoms with E-state index in [-0.39, 0.29) is 28.9 Å². The zero-order valence-electron chi connectivity index (χ0n) is 6.70. The first-order valence-electron chi connectivity index (χ1n) is 3.45. The number of carbonyl (C=O) groups excluding carboxylic acids is 2. The molecule has 0 amide bonds. The van der Waals surface area contributed by atoms with Crippen molar-refractivity contribution in [2.45, 2.75) is 25.9 Å². The molecular weight excluding hydrogens is 179 g/mol. The molecule has 0 spiro atoms. The highest BCUT2D eigenvalue weighted by Crippen LogP contribution is 2.15. The molecule has 0 fully saturated rings. The molecule has 0 rings (SSSR count). The molecule has 2 nitrogen and oxygen atoms in total. The Balaban J connectivity index is 3.93. The smallest absolute Gasteiger partial charge is 0.193 e. The van der Waals surface area contributed by atoms with Crippen molar-refractivity contribution >= 4 is 32.8 Å². The van der Waals surface area contributed by atoms with Crippen molar-refractivity contribution in [2.75, 3.05) is 0 Å². The summed E-state index contributed by atoms with van der Waals surface area (Å²) < 4.78 is 0. The molecule has 0 saturated heterocycles. The summed E-state index contributed by atoms with van der Waals surface area (Å²) in [6.45, 7) is 3.89. The topological polar surface area (TPSA) is 34.1 Å². The normalized spacial score (nSPS) is 13.2.